The minimum absolute atomic E-state index is 0.163. The van der Waals surface area contributed by atoms with Crippen LogP contribution in [0.2, 0.25) is 0 Å². The Kier molecular flexibility index (Phi) is 5.02. The molecule has 6 heteroatoms. The fourth-order valence-electron chi connectivity index (χ4n) is 1.61. The second kappa shape index (κ2) is 6.07. The molecule has 0 saturated carbocycles. The van der Waals surface area contributed by atoms with E-state index in [9.17, 15) is 14.7 Å². The molecule has 1 aromatic heterocycles. The normalized spacial score (nSPS) is 10.3. The van der Waals surface area contributed by atoms with Crippen LogP contribution in [0, 0.1) is 6.92 Å². The second-order valence-corrected chi connectivity index (χ2v) is 5.57. The molecule has 0 radical (unpaired) electrons. The molecule has 0 aliphatic heterocycles. The van der Waals surface area contributed by atoms with Crippen molar-refractivity contribution in [2.45, 2.75) is 20.3 Å². The lowest BCUT2D eigenvalue weighted by Gasteiger charge is -2.03. The number of thioether (sulfide) groups is 1. The molecular weight excluding hydrogens is 258 g/mol. The quantitative estimate of drug-likeness (QED) is 0.865. The zero-order valence-corrected chi connectivity index (χ0v) is 11.6. The molecule has 1 rings (SSSR count). The third kappa shape index (κ3) is 3.23. The lowest BCUT2D eigenvalue weighted by Crippen LogP contribution is -2.15. The van der Waals surface area contributed by atoms with Gasteiger partial charge in [0, 0.05) is 4.88 Å². The molecule has 0 fully saturated rings. The molecule has 1 heterocycles. The highest BCUT2D eigenvalue weighted by molar-refractivity contribution is 7.99. The molecule has 0 unspecified atom stereocenters. The summed E-state index contributed by atoms with van der Waals surface area (Å²) in [4.78, 5) is 23.6. The molecule has 2 N–H and O–H groups in total. The zero-order valence-electron chi connectivity index (χ0n) is 9.99. The average molecular weight is 273 g/mol. The largest absolute Gasteiger partial charge is 0.478 e. The summed E-state index contributed by atoms with van der Waals surface area (Å²) in [7, 11) is 0. The van der Waals surface area contributed by atoms with E-state index in [1.165, 1.54) is 23.1 Å². The van der Waals surface area contributed by atoms with Gasteiger partial charge in [-0.25, -0.2) is 4.79 Å². The number of rotatable bonds is 5. The molecule has 0 saturated heterocycles. The van der Waals surface area contributed by atoms with E-state index in [0.29, 0.717) is 17.2 Å². The standard InChI is InChI=1S/C11H15NO3S2/c1-4-7-6(2)17-10(9(7)11(14)15)12-8(13)5-16-3/h4-5H2,1-3H3,(H,12,13)(H,14,15). The van der Waals surface area contributed by atoms with Gasteiger partial charge in [0.15, 0.2) is 0 Å². The molecule has 0 bridgehead atoms. The van der Waals surface area contributed by atoms with E-state index < -0.39 is 5.97 Å². The number of carboxylic acid groups (broad SMARTS) is 1. The van der Waals surface area contributed by atoms with Crippen molar-refractivity contribution in [2.75, 3.05) is 17.3 Å². The molecule has 1 amide bonds. The summed E-state index contributed by atoms with van der Waals surface area (Å²) in [5.74, 6) is -0.813. The van der Waals surface area contributed by atoms with Crippen LogP contribution in [0.4, 0.5) is 5.00 Å². The Morgan fingerprint density at radius 2 is 2.12 bits per heavy atom. The van der Waals surface area contributed by atoms with E-state index in [1.807, 2.05) is 20.1 Å². The Hall–Kier alpha value is -1.01. The zero-order chi connectivity index (χ0) is 13.0. The lowest BCUT2D eigenvalue weighted by molar-refractivity contribution is -0.113. The van der Waals surface area contributed by atoms with Crippen molar-refractivity contribution >= 4 is 40.0 Å². The number of thiophene rings is 1. The van der Waals surface area contributed by atoms with Gasteiger partial charge in [0.05, 0.1) is 11.3 Å². The number of hydrogen-bond acceptors (Lipinski definition) is 4. The minimum atomic E-state index is -0.981. The van der Waals surface area contributed by atoms with Gasteiger partial charge in [-0.15, -0.1) is 11.3 Å². The second-order valence-electron chi connectivity index (χ2n) is 3.48. The van der Waals surface area contributed by atoms with Gasteiger partial charge in [-0.05, 0) is 25.2 Å². The van der Waals surface area contributed by atoms with Crippen LogP contribution in [0.15, 0.2) is 0 Å². The summed E-state index contributed by atoms with van der Waals surface area (Å²) in [5.41, 5.74) is 1.05. The Bertz CT molecular complexity index is 440. The molecule has 17 heavy (non-hydrogen) atoms. The van der Waals surface area contributed by atoms with E-state index in [1.54, 1.807) is 0 Å². The van der Waals surface area contributed by atoms with Crippen LogP contribution in [-0.2, 0) is 11.2 Å². The van der Waals surface area contributed by atoms with Crippen LogP contribution in [-0.4, -0.2) is 29.0 Å². The van der Waals surface area contributed by atoms with Gasteiger partial charge in [-0.3, -0.25) is 4.79 Å². The molecule has 0 atom stereocenters. The van der Waals surface area contributed by atoms with Crippen molar-refractivity contribution in [1.82, 2.24) is 0 Å². The first kappa shape index (κ1) is 14.1. The Labute approximate surface area is 108 Å². The monoisotopic (exact) mass is 273 g/mol. The molecule has 1 aromatic rings. The topological polar surface area (TPSA) is 66.4 Å². The van der Waals surface area contributed by atoms with Crippen LogP contribution in [0.3, 0.4) is 0 Å². The highest BCUT2D eigenvalue weighted by Gasteiger charge is 2.21. The van der Waals surface area contributed by atoms with Crippen molar-refractivity contribution in [2.24, 2.45) is 0 Å². The molecule has 0 spiro atoms. The van der Waals surface area contributed by atoms with Crippen molar-refractivity contribution in [3.8, 4) is 0 Å². The van der Waals surface area contributed by atoms with Crippen molar-refractivity contribution in [1.29, 1.82) is 0 Å². The first-order valence-corrected chi connectivity index (χ1v) is 7.36. The number of carboxylic acids is 1. The SMILES string of the molecule is CCc1c(C)sc(NC(=O)CSC)c1C(=O)O. The van der Waals surface area contributed by atoms with E-state index in [4.69, 9.17) is 0 Å². The number of aromatic carboxylic acids is 1. The number of amides is 1. The number of carbonyl (C=O) groups excluding carboxylic acids is 1. The number of nitrogens with one attached hydrogen (secondary N) is 1. The maximum absolute atomic E-state index is 11.5. The molecule has 0 aliphatic carbocycles. The van der Waals surface area contributed by atoms with E-state index >= 15 is 0 Å². The maximum atomic E-state index is 11.5. The fourth-order valence-corrected chi connectivity index (χ4v) is 3.10. The smallest absolute Gasteiger partial charge is 0.339 e. The van der Waals surface area contributed by atoms with Gasteiger partial charge in [0.25, 0.3) is 0 Å². The van der Waals surface area contributed by atoms with Crippen molar-refractivity contribution in [3.05, 3.63) is 16.0 Å². The summed E-state index contributed by atoms with van der Waals surface area (Å²) in [6, 6.07) is 0. The van der Waals surface area contributed by atoms with Gasteiger partial charge in [-0.1, -0.05) is 6.92 Å². The number of hydrogen-bond donors (Lipinski definition) is 2. The number of aryl methyl sites for hydroxylation is 1. The van der Waals surface area contributed by atoms with Gasteiger partial charge in [-0.2, -0.15) is 11.8 Å². The Balaban J connectivity index is 3.07. The maximum Gasteiger partial charge on any atom is 0.339 e. The van der Waals surface area contributed by atoms with Crippen LogP contribution in [0.25, 0.3) is 0 Å². The summed E-state index contributed by atoms with van der Waals surface area (Å²) in [6.07, 6.45) is 2.48. The van der Waals surface area contributed by atoms with Gasteiger partial charge < -0.3 is 10.4 Å². The third-order valence-corrected chi connectivity index (χ3v) is 3.92. The van der Waals surface area contributed by atoms with Crippen LogP contribution in [0.1, 0.15) is 27.7 Å². The van der Waals surface area contributed by atoms with Crippen LogP contribution in [0.5, 0.6) is 0 Å². The first-order chi connectivity index (χ1) is 8.01. The third-order valence-electron chi connectivity index (χ3n) is 2.30. The summed E-state index contributed by atoms with van der Waals surface area (Å²) < 4.78 is 0. The van der Waals surface area contributed by atoms with E-state index in [2.05, 4.69) is 5.32 Å². The summed E-state index contributed by atoms with van der Waals surface area (Å²) in [6.45, 7) is 3.79. The highest BCUT2D eigenvalue weighted by Crippen LogP contribution is 2.33. The van der Waals surface area contributed by atoms with Crippen molar-refractivity contribution in [3.63, 3.8) is 0 Å². The average Bonchev–Trinajstić information content (AvgIpc) is 2.54. The Morgan fingerprint density at radius 1 is 1.47 bits per heavy atom. The molecule has 94 valence electrons. The first-order valence-electron chi connectivity index (χ1n) is 5.15. The van der Waals surface area contributed by atoms with E-state index in [-0.39, 0.29) is 11.5 Å². The predicted molar refractivity (Wildman–Crippen MR) is 72.4 cm³/mol. The van der Waals surface area contributed by atoms with Crippen LogP contribution >= 0.6 is 23.1 Å². The van der Waals surface area contributed by atoms with Gasteiger partial charge in [0.2, 0.25) is 5.91 Å². The molecule has 0 aliphatic rings. The minimum Gasteiger partial charge on any atom is -0.478 e. The number of anilines is 1. The van der Waals surface area contributed by atoms with E-state index in [0.717, 1.165) is 10.4 Å². The fraction of sp³-hybridized carbons (Fsp3) is 0.455. The lowest BCUT2D eigenvalue weighted by atomic mass is 10.1. The molecule has 4 nitrogen and oxygen atoms in total. The highest BCUT2D eigenvalue weighted by atomic mass is 32.2. The predicted octanol–water partition coefficient (Wildman–Crippen LogP) is 2.62. The Morgan fingerprint density at radius 3 is 2.59 bits per heavy atom. The van der Waals surface area contributed by atoms with Gasteiger partial charge in [0.1, 0.15) is 5.00 Å². The van der Waals surface area contributed by atoms with Gasteiger partial charge >= 0.3 is 5.97 Å². The number of carbonyl (C=O) groups is 2. The molecular formula is C11H15NO3S2. The van der Waals surface area contributed by atoms with Crippen molar-refractivity contribution < 1.29 is 14.7 Å². The summed E-state index contributed by atoms with van der Waals surface area (Å²) >= 11 is 2.73. The molecule has 0 aromatic carbocycles. The van der Waals surface area contributed by atoms with Crippen LogP contribution < -0.4 is 5.32 Å². The summed E-state index contributed by atoms with van der Waals surface area (Å²) in [5, 5.41) is 12.3.